The van der Waals surface area contributed by atoms with Gasteiger partial charge in [0, 0.05) is 12.6 Å². The second-order valence-electron chi connectivity index (χ2n) is 4.41. The van der Waals surface area contributed by atoms with Crippen LogP contribution in [0.3, 0.4) is 0 Å². The van der Waals surface area contributed by atoms with Crippen LogP contribution in [-0.2, 0) is 0 Å². The number of alkyl halides is 2. The molecule has 0 N–H and O–H groups in total. The van der Waals surface area contributed by atoms with Gasteiger partial charge in [-0.05, 0) is 25.5 Å². The molecule has 3 nitrogen and oxygen atoms in total. The van der Waals surface area contributed by atoms with Gasteiger partial charge in [-0.25, -0.2) is 13.8 Å². The summed E-state index contributed by atoms with van der Waals surface area (Å²) in [6.45, 7) is 2.32. The summed E-state index contributed by atoms with van der Waals surface area (Å²) < 4.78 is 25.9. The minimum absolute atomic E-state index is 0.0121. The number of pyridine rings is 1. The predicted octanol–water partition coefficient (Wildman–Crippen LogP) is 3.41. The highest BCUT2D eigenvalue weighted by Crippen LogP contribution is 2.35. The number of aromatic nitrogens is 1. The molecule has 0 aliphatic carbocycles. The van der Waals surface area contributed by atoms with Gasteiger partial charge in [-0.15, -0.1) is 0 Å². The van der Waals surface area contributed by atoms with E-state index in [-0.39, 0.29) is 28.5 Å². The van der Waals surface area contributed by atoms with Gasteiger partial charge < -0.3 is 4.90 Å². The van der Waals surface area contributed by atoms with Crippen molar-refractivity contribution in [2.24, 2.45) is 5.92 Å². The molecule has 1 aromatic rings. The zero-order valence-corrected chi connectivity index (χ0v) is 10.5. The molecule has 0 aromatic carbocycles. The summed E-state index contributed by atoms with van der Waals surface area (Å²) in [7, 11) is 0. The molecule has 0 radical (unpaired) electrons. The third-order valence-electron chi connectivity index (χ3n) is 3.14. The lowest BCUT2D eigenvalue weighted by atomic mass is 10.1. The second-order valence-corrected chi connectivity index (χ2v) is 4.80. The number of halogens is 3. The van der Waals surface area contributed by atoms with Crippen LogP contribution < -0.4 is 4.90 Å². The highest BCUT2D eigenvalue weighted by atomic mass is 35.5. The lowest BCUT2D eigenvalue weighted by Gasteiger charge is -2.24. The van der Waals surface area contributed by atoms with Crippen LogP contribution in [0.4, 0.5) is 14.6 Å². The Morgan fingerprint density at radius 3 is 2.83 bits per heavy atom. The van der Waals surface area contributed by atoms with Gasteiger partial charge in [0.2, 0.25) is 0 Å². The monoisotopic (exact) mass is 271 g/mol. The third-order valence-corrected chi connectivity index (χ3v) is 3.35. The Morgan fingerprint density at radius 1 is 1.56 bits per heavy atom. The fourth-order valence-electron chi connectivity index (χ4n) is 2.26. The minimum atomic E-state index is -2.60. The normalized spacial score (nSPS) is 23.4. The van der Waals surface area contributed by atoms with Crippen LogP contribution in [-0.4, -0.2) is 17.6 Å². The van der Waals surface area contributed by atoms with Gasteiger partial charge in [-0.2, -0.15) is 5.26 Å². The van der Waals surface area contributed by atoms with Gasteiger partial charge in [0.15, 0.2) is 0 Å². The van der Waals surface area contributed by atoms with Gasteiger partial charge in [-0.3, -0.25) is 0 Å². The summed E-state index contributed by atoms with van der Waals surface area (Å²) >= 11 is 5.77. The van der Waals surface area contributed by atoms with E-state index in [4.69, 9.17) is 16.9 Å². The van der Waals surface area contributed by atoms with Crippen LogP contribution in [0.25, 0.3) is 0 Å². The summed E-state index contributed by atoms with van der Waals surface area (Å²) in [5.41, 5.74) is -0.134. The van der Waals surface area contributed by atoms with Gasteiger partial charge in [0.05, 0.1) is 17.6 Å². The van der Waals surface area contributed by atoms with E-state index in [9.17, 15) is 8.78 Å². The van der Waals surface area contributed by atoms with Crippen molar-refractivity contribution in [2.45, 2.75) is 25.8 Å². The number of rotatable bonds is 2. The number of hydrogen-bond donors (Lipinski definition) is 0. The zero-order chi connectivity index (χ0) is 13.3. The van der Waals surface area contributed by atoms with Crippen LogP contribution in [0.5, 0.6) is 0 Å². The molecule has 2 heterocycles. The van der Waals surface area contributed by atoms with Crippen molar-refractivity contribution in [3.63, 3.8) is 0 Å². The highest BCUT2D eigenvalue weighted by molar-refractivity contribution is 6.29. The maximum atomic E-state index is 12.9. The first-order chi connectivity index (χ1) is 8.52. The first-order valence-electron chi connectivity index (χ1n) is 5.63. The van der Waals surface area contributed by atoms with Crippen LogP contribution in [0.15, 0.2) is 12.1 Å². The first-order valence-corrected chi connectivity index (χ1v) is 6.01. The maximum absolute atomic E-state index is 12.9. The topological polar surface area (TPSA) is 39.9 Å². The minimum Gasteiger partial charge on any atom is -0.352 e. The average Bonchev–Trinajstić information content (AvgIpc) is 2.70. The molecule has 0 spiro atoms. The number of nitrogens with zero attached hydrogens (tertiary/aromatic N) is 3. The standard InChI is InChI=1S/C12H12ClF2N3/c1-7-4-8(5-16)6-18(7)12-9(11(14)15)2-3-10(13)17-12/h2-3,7-8,11H,4,6H2,1H3/t7?,8-/m1/s1. The number of hydrogen-bond acceptors (Lipinski definition) is 3. The van der Waals surface area contributed by atoms with Crippen LogP contribution >= 0.6 is 11.6 Å². The Morgan fingerprint density at radius 2 is 2.28 bits per heavy atom. The molecule has 1 saturated heterocycles. The van der Waals surface area contributed by atoms with Crippen molar-refractivity contribution in [3.8, 4) is 6.07 Å². The molecule has 6 heteroatoms. The van der Waals surface area contributed by atoms with E-state index in [0.29, 0.717) is 13.0 Å². The second kappa shape index (κ2) is 5.07. The Bertz CT molecular complexity index is 487. The van der Waals surface area contributed by atoms with E-state index in [2.05, 4.69) is 11.1 Å². The van der Waals surface area contributed by atoms with Gasteiger partial charge in [0.25, 0.3) is 6.43 Å². The average molecular weight is 272 g/mol. The number of anilines is 1. The molecule has 1 aliphatic heterocycles. The van der Waals surface area contributed by atoms with Crippen molar-refractivity contribution in [1.82, 2.24) is 4.98 Å². The molecule has 2 rings (SSSR count). The van der Waals surface area contributed by atoms with E-state index < -0.39 is 6.43 Å². The van der Waals surface area contributed by atoms with Crippen LogP contribution in [0, 0.1) is 17.2 Å². The third kappa shape index (κ3) is 2.39. The Labute approximate surface area is 109 Å². The highest BCUT2D eigenvalue weighted by Gasteiger charge is 2.32. The van der Waals surface area contributed by atoms with Crippen molar-refractivity contribution < 1.29 is 8.78 Å². The molecule has 2 atom stereocenters. The van der Waals surface area contributed by atoms with E-state index in [1.54, 1.807) is 4.90 Å². The summed E-state index contributed by atoms with van der Waals surface area (Å²) in [6, 6.07) is 4.83. The van der Waals surface area contributed by atoms with Crippen molar-refractivity contribution in [3.05, 3.63) is 22.8 Å². The predicted molar refractivity (Wildman–Crippen MR) is 64.7 cm³/mol. The van der Waals surface area contributed by atoms with Gasteiger partial charge in [0.1, 0.15) is 11.0 Å². The number of nitriles is 1. The molecule has 18 heavy (non-hydrogen) atoms. The van der Waals surface area contributed by atoms with E-state index in [0.717, 1.165) is 0 Å². The molecule has 1 aliphatic rings. The summed E-state index contributed by atoms with van der Waals surface area (Å²) in [6.07, 6.45) is -1.94. The van der Waals surface area contributed by atoms with Gasteiger partial charge in [-0.1, -0.05) is 11.6 Å². The molecule has 1 fully saturated rings. The molecule has 0 amide bonds. The maximum Gasteiger partial charge on any atom is 0.267 e. The lowest BCUT2D eigenvalue weighted by molar-refractivity contribution is 0.151. The Kier molecular flexibility index (Phi) is 3.67. The molecule has 0 saturated carbocycles. The molecule has 96 valence electrons. The van der Waals surface area contributed by atoms with E-state index in [1.165, 1.54) is 12.1 Å². The van der Waals surface area contributed by atoms with Crippen LogP contribution in [0.1, 0.15) is 25.3 Å². The van der Waals surface area contributed by atoms with E-state index in [1.807, 2.05) is 6.92 Å². The molecule has 0 bridgehead atoms. The lowest BCUT2D eigenvalue weighted by Crippen LogP contribution is -2.28. The smallest absolute Gasteiger partial charge is 0.267 e. The Balaban J connectivity index is 2.38. The fraction of sp³-hybridized carbons (Fsp3) is 0.500. The Hall–Kier alpha value is -1.41. The summed E-state index contributed by atoms with van der Waals surface area (Å²) in [4.78, 5) is 5.73. The van der Waals surface area contributed by atoms with Crippen molar-refractivity contribution in [2.75, 3.05) is 11.4 Å². The van der Waals surface area contributed by atoms with Gasteiger partial charge >= 0.3 is 0 Å². The molecular weight excluding hydrogens is 260 g/mol. The SMILES string of the molecule is CC1C[C@H](C#N)CN1c1nc(Cl)ccc1C(F)F. The molecule has 1 aromatic heterocycles. The summed E-state index contributed by atoms with van der Waals surface area (Å²) in [5, 5.41) is 9.09. The quantitative estimate of drug-likeness (QED) is 0.774. The molecule has 1 unspecified atom stereocenters. The summed E-state index contributed by atoms with van der Waals surface area (Å²) in [5.74, 6) is 0.0501. The van der Waals surface area contributed by atoms with Crippen molar-refractivity contribution in [1.29, 1.82) is 5.26 Å². The fourth-order valence-corrected chi connectivity index (χ4v) is 2.40. The van der Waals surface area contributed by atoms with E-state index >= 15 is 0 Å². The molecular formula is C12H12ClF2N3. The first kappa shape index (κ1) is 13.0. The van der Waals surface area contributed by atoms with Crippen molar-refractivity contribution >= 4 is 17.4 Å². The van der Waals surface area contributed by atoms with Crippen LogP contribution in [0.2, 0.25) is 5.15 Å². The zero-order valence-electron chi connectivity index (χ0n) is 9.78. The largest absolute Gasteiger partial charge is 0.352 e.